The average Bonchev–Trinajstić information content (AvgIpc) is 3.16. The highest BCUT2D eigenvalue weighted by molar-refractivity contribution is 5.70. The van der Waals surface area contributed by atoms with E-state index in [0.717, 1.165) is 50.0 Å². The molecule has 0 saturated carbocycles. The summed E-state index contributed by atoms with van der Waals surface area (Å²) in [6, 6.07) is 4.70. The molecule has 0 bridgehead atoms. The second-order valence-electron chi connectivity index (χ2n) is 7.21. The Morgan fingerprint density at radius 1 is 1.19 bits per heavy atom. The molecule has 27 heavy (non-hydrogen) atoms. The first-order valence-electron chi connectivity index (χ1n) is 9.20. The number of anilines is 1. The molecule has 1 fully saturated rings. The third-order valence-corrected chi connectivity index (χ3v) is 5.12. The molecule has 1 aromatic carbocycles. The van der Waals surface area contributed by atoms with Gasteiger partial charge in [-0.2, -0.15) is 4.98 Å². The molecular formula is C20H22F2N4O. The van der Waals surface area contributed by atoms with E-state index in [1.54, 1.807) is 6.07 Å². The number of allylic oxidation sites excluding steroid dienone is 2. The molecule has 2 aliphatic heterocycles. The molecule has 0 unspecified atom stereocenters. The number of likely N-dealkylation sites (N-methyl/N-ethyl adjacent to an activating group) is 1. The molecule has 0 N–H and O–H groups in total. The van der Waals surface area contributed by atoms with Crippen molar-refractivity contribution in [2.45, 2.75) is 19.3 Å². The predicted octanol–water partition coefficient (Wildman–Crippen LogP) is 3.65. The van der Waals surface area contributed by atoms with E-state index >= 15 is 0 Å². The maximum atomic E-state index is 13.4. The Balaban J connectivity index is 1.35. The van der Waals surface area contributed by atoms with Gasteiger partial charge in [-0.15, -0.1) is 0 Å². The zero-order chi connectivity index (χ0) is 18.8. The molecule has 2 aromatic rings. The maximum Gasteiger partial charge on any atom is 0.324 e. The summed E-state index contributed by atoms with van der Waals surface area (Å²) >= 11 is 0. The van der Waals surface area contributed by atoms with E-state index in [2.05, 4.69) is 26.0 Å². The van der Waals surface area contributed by atoms with Crippen LogP contribution >= 0.6 is 0 Å². The first-order chi connectivity index (χ1) is 13.1. The smallest absolute Gasteiger partial charge is 0.324 e. The van der Waals surface area contributed by atoms with Crippen molar-refractivity contribution in [1.29, 1.82) is 0 Å². The van der Waals surface area contributed by atoms with Gasteiger partial charge in [0.05, 0.1) is 0 Å². The SMILES string of the molecule is CN1C=C(c2noc(N3CCC(Cc4ccc(F)c(F)c4)CC3)n2)C=CC1. The van der Waals surface area contributed by atoms with E-state index < -0.39 is 11.6 Å². The largest absolute Gasteiger partial charge is 0.376 e. The summed E-state index contributed by atoms with van der Waals surface area (Å²) in [7, 11) is 2.00. The summed E-state index contributed by atoms with van der Waals surface area (Å²) in [5.74, 6) is -0.544. The zero-order valence-corrected chi connectivity index (χ0v) is 15.2. The van der Waals surface area contributed by atoms with Crippen LogP contribution in [0, 0.1) is 17.6 Å². The van der Waals surface area contributed by atoms with Gasteiger partial charge < -0.3 is 14.3 Å². The van der Waals surface area contributed by atoms with Crippen molar-refractivity contribution in [1.82, 2.24) is 15.0 Å². The van der Waals surface area contributed by atoms with E-state index in [-0.39, 0.29) is 0 Å². The molecule has 7 heteroatoms. The number of rotatable bonds is 4. The quantitative estimate of drug-likeness (QED) is 0.820. The summed E-state index contributed by atoms with van der Waals surface area (Å²) in [5.41, 5.74) is 1.78. The fraction of sp³-hybridized carbons (Fsp3) is 0.400. The van der Waals surface area contributed by atoms with Gasteiger partial charge in [0.25, 0.3) is 0 Å². The lowest BCUT2D eigenvalue weighted by molar-refractivity contribution is 0.361. The number of benzene rings is 1. The molecule has 0 spiro atoms. The lowest BCUT2D eigenvalue weighted by Gasteiger charge is -2.30. The predicted molar refractivity (Wildman–Crippen MR) is 99.0 cm³/mol. The Morgan fingerprint density at radius 3 is 2.74 bits per heavy atom. The Morgan fingerprint density at radius 2 is 2.00 bits per heavy atom. The normalized spacial score (nSPS) is 18.1. The molecule has 0 aliphatic carbocycles. The van der Waals surface area contributed by atoms with Crippen LogP contribution in [-0.4, -0.2) is 41.7 Å². The molecule has 2 aliphatic rings. The molecule has 1 saturated heterocycles. The van der Waals surface area contributed by atoms with E-state index in [1.807, 2.05) is 19.3 Å². The summed E-state index contributed by atoms with van der Waals surface area (Å²) in [6.45, 7) is 2.50. The number of nitrogens with zero attached hydrogens (tertiary/aromatic N) is 4. The van der Waals surface area contributed by atoms with Crippen LogP contribution in [0.25, 0.3) is 5.57 Å². The Hall–Kier alpha value is -2.70. The molecule has 0 amide bonds. The Bertz CT molecular complexity index is 869. The standard InChI is InChI=1S/C20H22F2N4O/c1-25-8-2-3-16(13-25)19-23-20(27-24-19)26-9-6-14(7-10-26)11-15-4-5-17(21)18(22)12-15/h2-5,12-14H,6-11H2,1H3. The van der Waals surface area contributed by atoms with Gasteiger partial charge in [0.2, 0.25) is 5.82 Å². The topological polar surface area (TPSA) is 45.4 Å². The van der Waals surface area contributed by atoms with Gasteiger partial charge in [-0.3, -0.25) is 0 Å². The molecule has 0 radical (unpaired) electrons. The van der Waals surface area contributed by atoms with Crippen molar-refractivity contribution in [2.75, 3.05) is 31.6 Å². The minimum atomic E-state index is -0.796. The number of hydrogen-bond donors (Lipinski definition) is 0. The first kappa shape index (κ1) is 17.7. The van der Waals surface area contributed by atoms with Crippen LogP contribution in [0.5, 0.6) is 0 Å². The summed E-state index contributed by atoms with van der Waals surface area (Å²) in [5, 5.41) is 4.10. The third-order valence-electron chi connectivity index (χ3n) is 5.12. The van der Waals surface area contributed by atoms with Gasteiger partial charge >= 0.3 is 6.01 Å². The molecule has 0 atom stereocenters. The number of piperidine rings is 1. The maximum absolute atomic E-state index is 13.4. The second-order valence-corrected chi connectivity index (χ2v) is 7.21. The van der Waals surface area contributed by atoms with Gasteiger partial charge in [0, 0.05) is 38.5 Å². The van der Waals surface area contributed by atoms with Gasteiger partial charge in [-0.1, -0.05) is 23.4 Å². The molecule has 5 nitrogen and oxygen atoms in total. The minimum absolute atomic E-state index is 0.436. The van der Waals surface area contributed by atoms with E-state index in [4.69, 9.17) is 4.52 Å². The van der Waals surface area contributed by atoms with Crippen molar-refractivity contribution in [3.63, 3.8) is 0 Å². The zero-order valence-electron chi connectivity index (χ0n) is 15.2. The lowest BCUT2D eigenvalue weighted by atomic mass is 9.90. The highest BCUT2D eigenvalue weighted by atomic mass is 19.2. The first-order valence-corrected chi connectivity index (χ1v) is 9.20. The van der Waals surface area contributed by atoms with Crippen molar-refractivity contribution in [2.24, 2.45) is 5.92 Å². The van der Waals surface area contributed by atoms with Gasteiger partial charge in [-0.25, -0.2) is 8.78 Å². The second kappa shape index (κ2) is 7.50. The van der Waals surface area contributed by atoms with Crippen LogP contribution in [0.1, 0.15) is 24.2 Å². The van der Waals surface area contributed by atoms with Crippen LogP contribution in [-0.2, 0) is 6.42 Å². The van der Waals surface area contributed by atoms with Crippen LogP contribution in [0.3, 0.4) is 0 Å². The fourth-order valence-corrected chi connectivity index (χ4v) is 3.60. The van der Waals surface area contributed by atoms with Gasteiger partial charge in [0.1, 0.15) is 0 Å². The number of hydrogen-bond acceptors (Lipinski definition) is 5. The summed E-state index contributed by atoms with van der Waals surface area (Å²) in [4.78, 5) is 8.69. The van der Waals surface area contributed by atoms with Gasteiger partial charge in [-0.05, 0) is 42.9 Å². The highest BCUT2D eigenvalue weighted by Crippen LogP contribution is 2.26. The molecule has 4 rings (SSSR count). The highest BCUT2D eigenvalue weighted by Gasteiger charge is 2.24. The van der Waals surface area contributed by atoms with Crippen LogP contribution in [0.4, 0.5) is 14.8 Å². The Kier molecular flexibility index (Phi) is 4.92. The van der Waals surface area contributed by atoms with Crippen molar-refractivity contribution in [3.8, 4) is 0 Å². The monoisotopic (exact) mass is 372 g/mol. The van der Waals surface area contributed by atoms with E-state index in [9.17, 15) is 8.78 Å². The third kappa shape index (κ3) is 4.02. The van der Waals surface area contributed by atoms with Crippen LogP contribution in [0.15, 0.2) is 41.1 Å². The summed E-state index contributed by atoms with van der Waals surface area (Å²) in [6.07, 6.45) is 8.72. The minimum Gasteiger partial charge on any atom is -0.376 e. The van der Waals surface area contributed by atoms with Crippen molar-refractivity contribution in [3.05, 3.63) is 59.6 Å². The number of halogens is 2. The van der Waals surface area contributed by atoms with Crippen LogP contribution < -0.4 is 4.90 Å². The van der Waals surface area contributed by atoms with E-state index in [1.165, 1.54) is 12.1 Å². The van der Waals surface area contributed by atoms with E-state index in [0.29, 0.717) is 17.8 Å². The molecule has 1 aromatic heterocycles. The average molecular weight is 372 g/mol. The molecular weight excluding hydrogens is 350 g/mol. The summed E-state index contributed by atoms with van der Waals surface area (Å²) < 4.78 is 31.9. The molecule has 142 valence electrons. The fourth-order valence-electron chi connectivity index (χ4n) is 3.60. The van der Waals surface area contributed by atoms with Crippen molar-refractivity contribution >= 4 is 11.6 Å². The van der Waals surface area contributed by atoms with Gasteiger partial charge in [0.15, 0.2) is 11.6 Å². The molecule has 3 heterocycles. The van der Waals surface area contributed by atoms with Crippen LogP contribution in [0.2, 0.25) is 0 Å². The van der Waals surface area contributed by atoms with Crippen molar-refractivity contribution < 1.29 is 13.3 Å². The number of aromatic nitrogens is 2. The Labute approximate surface area is 157 Å². The lowest BCUT2D eigenvalue weighted by Crippen LogP contribution is -2.34.